The van der Waals surface area contributed by atoms with Crippen LogP contribution in [0.5, 0.6) is 5.75 Å². The van der Waals surface area contributed by atoms with Gasteiger partial charge in [0.05, 0.1) is 18.4 Å². The summed E-state index contributed by atoms with van der Waals surface area (Å²) in [7, 11) is 0. The van der Waals surface area contributed by atoms with E-state index < -0.39 is 29.1 Å². The van der Waals surface area contributed by atoms with Crippen LogP contribution in [0.3, 0.4) is 0 Å². The fourth-order valence-corrected chi connectivity index (χ4v) is 5.57. The predicted molar refractivity (Wildman–Crippen MR) is 147 cm³/mol. The Morgan fingerprint density at radius 2 is 2.16 bits per heavy atom. The molecule has 1 aromatic heterocycles. The van der Waals surface area contributed by atoms with E-state index in [1.165, 1.54) is 18.2 Å². The van der Waals surface area contributed by atoms with Crippen molar-refractivity contribution in [2.45, 2.75) is 25.9 Å². The Bertz CT molecular complexity index is 1310. The first-order valence-corrected chi connectivity index (χ1v) is 13.1. The second-order valence-electron chi connectivity index (χ2n) is 9.05. The Morgan fingerprint density at radius 3 is 2.87 bits per heavy atom. The van der Waals surface area contributed by atoms with E-state index in [1.54, 1.807) is 19.1 Å². The van der Waals surface area contributed by atoms with Crippen molar-refractivity contribution in [3.8, 4) is 5.75 Å². The molecule has 1 saturated heterocycles. The maximum atomic E-state index is 16.2. The van der Waals surface area contributed by atoms with Crippen LogP contribution in [0.4, 0.5) is 10.2 Å². The molecule has 200 valence electrons. The number of carbonyl (C=O) groups excluding carboxylic acids is 2. The number of hydrogen-bond acceptors (Lipinski definition) is 5. The van der Waals surface area contributed by atoms with E-state index in [9.17, 15) is 9.59 Å². The van der Waals surface area contributed by atoms with Gasteiger partial charge in [-0.15, -0.1) is 0 Å². The number of anilines is 1. The molecule has 2 N–H and O–H groups in total. The maximum absolute atomic E-state index is 16.2. The summed E-state index contributed by atoms with van der Waals surface area (Å²) in [6, 6.07) is 10.7. The minimum absolute atomic E-state index is 0.123. The summed E-state index contributed by atoms with van der Waals surface area (Å²) in [6.45, 7) is 8.50. The third kappa shape index (κ3) is 5.21. The van der Waals surface area contributed by atoms with Crippen LogP contribution in [-0.4, -0.2) is 41.4 Å². The van der Waals surface area contributed by atoms with Gasteiger partial charge in [-0.2, -0.15) is 0 Å². The van der Waals surface area contributed by atoms with Crippen molar-refractivity contribution in [2.24, 2.45) is 11.8 Å². The number of allylic oxidation sites excluding steroid dienone is 4. The third-order valence-electron chi connectivity index (χ3n) is 6.72. The molecule has 3 atom stereocenters. The molecule has 0 bridgehead atoms. The van der Waals surface area contributed by atoms with Crippen molar-refractivity contribution < 1.29 is 18.7 Å². The Kier molecular flexibility index (Phi) is 8.55. The molecule has 0 saturated carbocycles. The molecule has 0 radical (unpaired) electrons. The van der Waals surface area contributed by atoms with Gasteiger partial charge >= 0.3 is 0 Å². The van der Waals surface area contributed by atoms with Crippen molar-refractivity contribution >= 4 is 40.8 Å². The number of nitrogens with one attached hydrogen (secondary N) is 2. The van der Waals surface area contributed by atoms with Crippen molar-refractivity contribution in [3.63, 3.8) is 0 Å². The summed E-state index contributed by atoms with van der Waals surface area (Å²) in [5, 5.41) is 6.00. The van der Waals surface area contributed by atoms with Gasteiger partial charge in [-0.3, -0.25) is 14.5 Å². The van der Waals surface area contributed by atoms with E-state index in [0.717, 1.165) is 5.56 Å². The lowest BCUT2D eigenvalue weighted by atomic mass is 9.74. The van der Waals surface area contributed by atoms with E-state index in [4.69, 9.17) is 27.9 Å². The maximum Gasteiger partial charge on any atom is 0.251 e. The van der Waals surface area contributed by atoms with E-state index in [0.29, 0.717) is 24.5 Å². The van der Waals surface area contributed by atoms with Gasteiger partial charge in [-0.1, -0.05) is 48.0 Å². The normalized spacial score (nSPS) is 23.1. The van der Waals surface area contributed by atoms with Gasteiger partial charge < -0.3 is 15.4 Å². The summed E-state index contributed by atoms with van der Waals surface area (Å²) in [5.41, 5.74) is -0.257. The molecule has 2 aromatic rings. The van der Waals surface area contributed by atoms with Gasteiger partial charge in [-0.05, 0) is 55.8 Å². The summed E-state index contributed by atoms with van der Waals surface area (Å²) in [6.07, 6.45) is 4.07. The average Bonchev–Trinajstić information content (AvgIpc) is 3.34. The molecular weight excluding hydrogens is 530 g/mol. The van der Waals surface area contributed by atoms with Crippen LogP contribution in [0.25, 0.3) is 0 Å². The van der Waals surface area contributed by atoms with Crippen molar-refractivity contribution in [1.82, 2.24) is 15.2 Å². The molecule has 38 heavy (non-hydrogen) atoms. The standard InChI is InChI=1S/C28H29Cl2FN4O3/c1-4-32-26(36)20-16-35(15-18-9-7-10-19(14-18)38-5-2)28(24(20)22(31)11-6-8-17(3)29)21-12-13-23(30)33-25(21)34-27(28)37/h6-14,20,24H,3-5,15-16H2,1-2H3,(H,32,36)(H,33,34,37)/b8-6-,22-11-/t20-,24?,28-/m1/s1. The highest BCUT2D eigenvalue weighted by molar-refractivity contribution is 6.30. The van der Waals surface area contributed by atoms with Crippen molar-refractivity contribution in [1.29, 1.82) is 0 Å². The van der Waals surface area contributed by atoms with Gasteiger partial charge in [0.25, 0.3) is 5.91 Å². The minimum atomic E-state index is -1.56. The topological polar surface area (TPSA) is 83.6 Å². The number of rotatable bonds is 9. The lowest BCUT2D eigenvalue weighted by Crippen LogP contribution is -2.51. The molecule has 2 amide bonds. The number of halogens is 3. The summed E-state index contributed by atoms with van der Waals surface area (Å²) >= 11 is 11.9. The lowest BCUT2D eigenvalue weighted by molar-refractivity contribution is -0.129. The van der Waals surface area contributed by atoms with Gasteiger partial charge in [-0.25, -0.2) is 9.37 Å². The lowest BCUT2D eigenvalue weighted by Gasteiger charge is -2.37. The predicted octanol–water partition coefficient (Wildman–Crippen LogP) is 5.33. The molecule has 4 rings (SSSR count). The van der Waals surface area contributed by atoms with E-state index in [-0.39, 0.29) is 35.0 Å². The highest BCUT2D eigenvalue weighted by Crippen LogP contribution is 2.55. The van der Waals surface area contributed by atoms with Gasteiger partial charge in [0, 0.05) is 30.2 Å². The number of fused-ring (bicyclic) bond motifs is 2. The first kappa shape index (κ1) is 27.8. The first-order chi connectivity index (χ1) is 18.2. The summed E-state index contributed by atoms with van der Waals surface area (Å²) in [5.74, 6) is -2.57. The Balaban J connectivity index is 1.90. The molecule has 1 aromatic carbocycles. The van der Waals surface area contributed by atoms with Crippen LogP contribution in [0.15, 0.2) is 72.1 Å². The number of benzene rings is 1. The average molecular weight is 559 g/mol. The fourth-order valence-electron chi connectivity index (χ4n) is 5.35. The second kappa shape index (κ2) is 11.7. The van der Waals surface area contributed by atoms with Gasteiger partial charge in [0.2, 0.25) is 5.91 Å². The molecule has 7 nitrogen and oxygen atoms in total. The number of likely N-dealkylation sites (tertiary alicyclic amines) is 1. The fraction of sp³-hybridized carbons (Fsp3) is 0.321. The van der Waals surface area contributed by atoms with Gasteiger partial charge in [0.15, 0.2) is 0 Å². The van der Waals surface area contributed by atoms with Crippen LogP contribution in [0.2, 0.25) is 5.15 Å². The van der Waals surface area contributed by atoms with E-state index in [2.05, 4.69) is 22.2 Å². The number of hydrogen-bond donors (Lipinski definition) is 2. The van der Waals surface area contributed by atoms with Crippen LogP contribution < -0.4 is 15.4 Å². The number of aromatic nitrogens is 1. The van der Waals surface area contributed by atoms with Crippen LogP contribution in [0, 0.1) is 11.8 Å². The SMILES string of the molecule is C=C(Cl)/C=C\C=C(/F)C1[C@H](C(=O)NCC)CN(Cc2cccc(OCC)c2)[C@@]12C(=O)Nc1nc(Cl)ccc12. The number of nitrogens with zero attached hydrogens (tertiary/aromatic N) is 2. The molecule has 1 spiro atoms. The quantitative estimate of drug-likeness (QED) is 0.321. The van der Waals surface area contributed by atoms with E-state index in [1.807, 2.05) is 36.1 Å². The Labute approximate surface area is 231 Å². The largest absolute Gasteiger partial charge is 0.494 e. The molecule has 1 fully saturated rings. The highest BCUT2D eigenvalue weighted by Gasteiger charge is 2.66. The molecule has 3 heterocycles. The van der Waals surface area contributed by atoms with Crippen molar-refractivity contribution in [2.75, 3.05) is 25.0 Å². The molecule has 0 aliphatic carbocycles. The third-order valence-corrected chi connectivity index (χ3v) is 7.06. The molecule has 2 aliphatic rings. The number of amides is 2. The van der Waals surface area contributed by atoms with Crippen LogP contribution in [-0.2, 0) is 21.7 Å². The number of carbonyl (C=O) groups is 2. The summed E-state index contributed by atoms with van der Waals surface area (Å²) < 4.78 is 21.9. The minimum Gasteiger partial charge on any atom is -0.494 e. The number of ether oxygens (including phenoxy) is 1. The smallest absolute Gasteiger partial charge is 0.251 e. The Morgan fingerprint density at radius 1 is 1.37 bits per heavy atom. The number of pyridine rings is 1. The van der Waals surface area contributed by atoms with Gasteiger partial charge in [0.1, 0.15) is 28.1 Å². The zero-order chi connectivity index (χ0) is 27.4. The first-order valence-electron chi connectivity index (χ1n) is 12.3. The molecule has 2 aliphatic heterocycles. The van der Waals surface area contributed by atoms with Crippen LogP contribution >= 0.6 is 23.2 Å². The van der Waals surface area contributed by atoms with Crippen molar-refractivity contribution in [3.05, 3.63) is 88.3 Å². The zero-order valence-electron chi connectivity index (χ0n) is 21.1. The molecular formula is C28H29Cl2FN4O3. The Hall–Kier alpha value is -3.20. The second-order valence-corrected chi connectivity index (χ2v) is 9.92. The van der Waals surface area contributed by atoms with E-state index >= 15 is 4.39 Å². The summed E-state index contributed by atoms with van der Waals surface area (Å²) in [4.78, 5) is 33.4. The molecule has 1 unspecified atom stereocenters. The monoisotopic (exact) mass is 558 g/mol. The zero-order valence-corrected chi connectivity index (χ0v) is 22.7. The van der Waals surface area contributed by atoms with Crippen LogP contribution in [0.1, 0.15) is 25.0 Å². The molecule has 10 heteroatoms. The highest BCUT2D eigenvalue weighted by atomic mass is 35.5.